The normalized spacial score (nSPS) is 11.6. The molecule has 0 saturated heterocycles. The van der Waals surface area contributed by atoms with Gasteiger partial charge < -0.3 is 19.0 Å². The Morgan fingerprint density at radius 3 is 2.23 bits per heavy atom. The Morgan fingerprint density at radius 1 is 0.808 bits per heavy atom. The predicted molar refractivity (Wildman–Crippen MR) is 213 cm³/mol. The topological polar surface area (TPSA) is 69.6 Å². The van der Waals surface area contributed by atoms with Gasteiger partial charge in [0, 0.05) is 43.1 Å². The Bertz CT molecular complexity index is 2520. The van der Waals surface area contributed by atoms with Crippen molar-refractivity contribution in [2.75, 3.05) is 0 Å². The Labute approximate surface area is 320 Å². The van der Waals surface area contributed by atoms with Crippen molar-refractivity contribution in [1.29, 1.82) is 0 Å². The van der Waals surface area contributed by atoms with Crippen LogP contribution in [0.15, 0.2) is 95.7 Å². The number of hydrogen-bond donors (Lipinski definition) is 0. The third kappa shape index (κ3) is 7.03. The molecule has 0 unspecified atom stereocenters. The fourth-order valence-corrected chi connectivity index (χ4v) is 8.67. The van der Waals surface area contributed by atoms with Gasteiger partial charge in [0.1, 0.15) is 0 Å². The summed E-state index contributed by atoms with van der Waals surface area (Å²) in [6.07, 6.45) is 7.05. The van der Waals surface area contributed by atoms with Gasteiger partial charge in [-0.1, -0.05) is 74.9 Å². The minimum Gasteiger partial charge on any atom is -0.486 e. The average Bonchev–Trinajstić information content (AvgIpc) is 3.66. The van der Waals surface area contributed by atoms with E-state index in [2.05, 4.69) is 123 Å². The SMILES string of the molecule is CC(C)c1cc(-c2[c-]cccc2)ncc1[Si](C)(C)C.Cc1cc(C)c(-n2c(-c3[c-]ncc4c3oc3nc(C)ccc34)nc3ccccc32)c(C)c1.[Ir]. The first-order chi connectivity index (χ1) is 24.4. The van der Waals surface area contributed by atoms with Crippen LogP contribution in [0.1, 0.15) is 47.7 Å². The fourth-order valence-electron chi connectivity index (χ4n) is 6.99. The van der Waals surface area contributed by atoms with Crippen molar-refractivity contribution in [2.24, 2.45) is 0 Å². The summed E-state index contributed by atoms with van der Waals surface area (Å²) in [5.74, 6) is 1.29. The van der Waals surface area contributed by atoms with Gasteiger partial charge in [0.2, 0.25) is 5.71 Å². The number of furan rings is 1. The molecular formula is C44H43IrN5OSi-2. The number of hydrogen-bond acceptors (Lipinski definition) is 5. The number of aryl methyl sites for hydroxylation is 4. The number of imidazole rings is 1. The first-order valence-corrected chi connectivity index (χ1v) is 21.0. The van der Waals surface area contributed by atoms with Crippen LogP contribution in [-0.2, 0) is 20.1 Å². The van der Waals surface area contributed by atoms with E-state index in [1.54, 1.807) is 6.20 Å². The van der Waals surface area contributed by atoms with Crippen LogP contribution in [0, 0.1) is 40.0 Å². The van der Waals surface area contributed by atoms with Crippen LogP contribution in [0.5, 0.6) is 0 Å². The third-order valence-corrected chi connectivity index (χ3v) is 11.4. The molecule has 8 heteroatoms. The van der Waals surface area contributed by atoms with E-state index in [1.165, 1.54) is 27.4 Å². The van der Waals surface area contributed by atoms with E-state index in [0.29, 0.717) is 17.2 Å². The van der Waals surface area contributed by atoms with Crippen molar-refractivity contribution >= 4 is 46.4 Å². The van der Waals surface area contributed by atoms with E-state index in [1.807, 2.05) is 55.5 Å². The van der Waals surface area contributed by atoms with E-state index in [9.17, 15) is 0 Å². The molecule has 6 nitrogen and oxygen atoms in total. The maximum atomic E-state index is 6.25. The zero-order valence-corrected chi connectivity index (χ0v) is 34.6. The van der Waals surface area contributed by atoms with Crippen LogP contribution < -0.4 is 5.19 Å². The van der Waals surface area contributed by atoms with Crippen LogP contribution in [0.25, 0.3) is 61.4 Å². The largest absolute Gasteiger partial charge is 0.486 e. The smallest absolute Gasteiger partial charge is 0.216 e. The monoisotopic (exact) mass is 878 g/mol. The van der Waals surface area contributed by atoms with Gasteiger partial charge in [0.15, 0.2) is 0 Å². The summed E-state index contributed by atoms with van der Waals surface area (Å²) < 4.78 is 8.46. The quantitative estimate of drug-likeness (QED) is 0.127. The first kappa shape index (κ1) is 37.0. The molecule has 5 aromatic heterocycles. The summed E-state index contributed by atoms with van der Waals surface area (Å²) in [5.41, 5.74) is 13.2. The van der Waals surface area contributed by atoms with Gasteiger partial charge in [-0.3, -0.25) is 4.98 Å². The van der Waals surface area contributed by atoms with Crippen LogP contribution in [0.3, 0.4) is 0 Å². The summed E-state index contributed by atoms with van der Waals surface area (Å²) in [4.78, 5) is 18.7. The minimum absolute atomic E-state index is 0. The molecule has 0 N–H and O–H groups in total. The molecule has 0 saturated carbocycles. The summed E-state index contributed by atoms with van der Waals surface area (Å²) >= 11 is 0. The van der Waals surface area contributed by atoms with Crippen molar-refractivity contribution in [3.05, 3.63) is 131 Å². The van der Waals surface area contributed by atoms with Crippen LogP contribution in [0.4, 0.5) is 0 Å². The van der Waals surface area contributed by atoms with Gasteiger partial charge in [-0.15, -0.1) is 35.9 Å². The number of aromatic nitrogens is 5. The molecule has 0 amide bonds. The molecule has 0 spiro atoms. The van der Waals surface area contributed by atoms with Crippen LogP contribution >= 0.6 is 0 Å². The van der Waals surface area contributed by atoms with Crippen molar-refractivity contribution < 1.29 is 24.5 Å². The van der Waals surface area contributed by atoms with Gasteiger partial charge in [0.25, 0.3) is 0 Å². The molecule has 5 heterocycles. The Hall–Kier alpha value is -4.75. The molecule has 52 heavy (non-hydrogen) atoms. The molecule has 0 atom stereocenters. The summed E-state index contributed by atoms with van der Waals surface area (Å²) in [7, 11) is -1.34. The average molecular weight is 878 g/mol. The number of rotatable bonds is 5. The van der Waals surface area contributed by atoms with E-state index >= 15 is 0 Å². The van der Waals surface area contributed by atoms with Gasteiger partial charge >= 0.3 is 0 Å². The van der Waals surface area contributed by atoms with Gasteiger partial charge in [0.05, 0.1) is 30.5 Å². The van der Waals surface area contributed by atoms with Gasteiger partial charge in [-0.2, -0.15) is 0 Å². The summed E-state index contributed by atoms with van der Waals surface area (Å²) in [5, 5.41) is 3.33. The molecular weight excluding hydrogens is 835 g/mol. The minimum atomic E-state index is -1.34. The van der Waals surface area contributed by atoms with Gasteiger partial charge in [-0.25, -0.2) is 4.98 Å². The third-order valence-electron chi connectivity index (χ3n) is 9.32. The van der Waals surface area contributed by atoms with E-state index in [4.69, 9.17) is 9.40 Å². The number of nitrogens with zero attached hydrogens (tertiary/aromatic N) is 5. The second kappa shape index (κ2) is 14.7. The van der Waals surface area contributed by atoms with Crippen molar-refractivity contribution in [3.63, 3.8) is 0 Å². The molecule has 1 radical (unpaired) electrons. The Kier molecular flexibility index (Phi) is 10.5. The molecule has 0 aliphatic heterocycles. The Morgan fingerprint density at radius 2 is 1.54 bits per heavy atom. The van der Waals surface area contributed by atoms with Crippen LogP contribution in [0.2, 0.25) is 19.6 Å². The molecule has 0 aliphatic rings. The number of pyridine rings is 3. The molecule has 8 aromatic rings. The summed E-state index contributed by atoms with van der Waals surface area (Å²) in [6, 6.07) is 30.2. The molecule has 0 fully saturated rings. The molecule has 265 valence electrons. The fraction of sp³-hybridized carbons (Fsp3) is 0.227. The molecule has 8 rings (SSSR count). The maximum absolute atomic E-state index is 6.25. The second-order valence-corrected chi connectivity index (χ2v) is 19.8. The molecule has 3 aromatic carbocycles. The van der Waals surface area contributed by atoms with Crippen molar-refractivity contribution in [2.45, 2.75) is 67.1 Å². The second-order valence-electron chi connectivity index (χ2n) is 14.7. The van der Waals surface area contributed by atoms with Crippen LogP contribution in [-0.4, -0.2) is 32.6 Å². The standard InChI is InChI=1S/C27H21N4O.C17H22NSi.Ir/c1-15-11-16(2)24(17(3)12-15)31-23-8-6-5-7-22(23)30-26(31)21-14-28-13-20-19-10-9-18(4)29-27(19)32-25(20)21;1-13(2)15-11-16(14-9-7-6-8-10-14)18-12-17(15)19(3,4)5;/h5-13H,1-4H3;6-9,11-13H,1-5H3;/q2*-1;. The number of fused-ring (bicyclic) bond motifs is 4. The first-order valence-electron chi connectivity index (χ1n) is 17.5. The van der Waals surface area contributed by atoms with E-state index in [-0.39, 0.29) is 20.1 Å². The maximum Gasteiger partial charge on any atom is 0.216 e. The van der Waals surface area contributed by atoms with Crippen molar-refractivity contribution in [1.82, 2.24) is 24.5 Å². The van der Waals surface area contributed by atoms with Crippen molar-refractivity contribution in [3.8, 4) is 28.3 Å². The number of benzene rings is 3. The Balaban J connectivity index is 0.000000200. The van der Waals surface area contributed by atoms with Gasteiger partial charge in [-0.05, 0) is 103 Å². The van der Waals surface area contributed by atoms with E-state index < -0.39 is 8.07 Å². The molecule has 0 bridgehead atoms. The van der Waals surface area contributed by atoms with E-state index in [0.717, 1.165) is 55.8 Å². The zero-order chi connectivity index (χ0) is 36.0. The molecule has 0 aliphatic carbocycles. The number of para-hydroxylation sites is 2. The summed E-state index contributed by atoms with van der Waals surface area (Å²) in [6.45, 7) is 20.0. The zero-order valence-electron chi connectivity index (χ0n) is 31.2. The predicted octanol–water partition coefficient (Wildman–Crippen LogP) is 10.6.